The highest BCUT2D eigenvalue weighted by molar-refractivity contribution is 7.80. The van der Waals surface area contributed by atoms with Crippen LogP contribution in [0.1, 0.15) is 12.8 Å². The van der Waals surface area contributed by atoms with Gasteiger partial charge in [0.15, 0.2) is 5.11 Å². The van der Waals surface area contributed by atoms with Crippen molar-refractivity contribution in [1.29, 1.82) is 0 Å². The topological polar surface area (TPSA) is 58.0 Å². The fourth-order valence-corrected chi connectivity index (χ4v) is 2.61. The molecule has 6 heteroatoms. The maximum absolute atomic E-state index is 5.56. The van der Waals surface area contributed by atoms with Crippen molar-refractivity contribution in [1.82, 2.24) is 5.32 Å². The van der Waals surface area contributed by atoms with E-state index in [9.17, 15) is 0 Å². The minimum atomic E-state index is 0.269. The van der Waals surface area contributed by atoms with E-state index in [1.807, 2.05) is 54.6 Å². The molecule has 0 spiro atoms. The summed E-state index contributed by atoms with van der Waals surface area (Å²) in [5, 5.41) is 15.4. The Morgan fingerprint density at radius 2 is 1.75 bits per heavy atom. The van der Waals surface area contributed by atoms with E-state index < -0.39 is 0 Å². The lowest BCUT2D eigenvalue weighted by atomic mass is 10.2. The molecular formula is C18H20N4OS. The lowest BCUT2D eigenvalue weighted by Crippen LogP contribution is -2.34. The van der Waals surface area contributed by atoms with Gasteiger partial charge in [-0.1, -0.05) is 18.2 Å². The second kappa shape index (κ2) is 8.52. The van der Waals surface area contributed by atoms with Crippen LogP contribution in [-0.2, 0) is 4.74 Å². The number of hydrogen-bond acceptors (Lipinski definition) is 4. The SMILES string of the molecule is S=C(NCC1CCCO1)Nc1ccc(N=Nc2ccccc2)cc1. The second-order valence-electron chi connectivity index (χ2n) is 5.55. The highest BCUT2D eigenvalue weighted by atomic mass is 32.1. The lowest BCUT2D eigenvalue weighted by Gasteiger charge is -2.14. The molecule has 5 nitrogen and oxygen atoms in total. The van der Waals surface area contributed by atoms with Crippen molar-refractivity contribution >= 4 is 34.4 Å². The van der Waals surface area contributed by atoms with E-state index in [4.69, 9.17) is 17.0 Å². The Labute approximate surface area is 147 Å². The van der Waals surface area contributed by atoms with Crippen LogP contribution < -0.4 is 10.6 Å². The van der Waals surface area contributed by atoms with Gasteiger partial charge in [0.05, 0.1) is 17.5 Å². The van der Waals surface area contributed by atoms with Gasteiger partial charge in [0, 0.05) is 18.8 Å². The van der Waals surface area contributed by atoms with Crippen molar-refractivity contribution in [3.8, 4) is 0 Å². The molecule has 0 radical (unpaired) electrons. The van der Waals surface area contributed by atoms with Crippen LogP contribution in [0.4, 0.5) is 17.1 Å². The number of anilines is 1. The van der Waals surface area contributed by atoms with Gasteiger partial charge in [0.1, 0.15) is 0 Å². The minimum Gasteiger partial charge on any atom is -0.376 e. The Morgan fingerprint density at radius 3 is 2.42 bits per heavy atom. The number of thiocarbonyl (C=S) groups is 1. The molecule has 0 aromatic heterocycles. The number of benzene rings is 2. The fourth-order valence-electron chi connectivity index (χ4n) is 2.41. The number of ether oxygens (including phenoxy) is 1. The molecule has 1 aliphatic rings. The van der Waals surface area contributed by atoms with Gasteiger partial charge in [-0.2, -0.15) is 10.2 Å². The van der Waals surface area contributed by atoms with Gasteiger partial charge in [-0.25, -0.2) is 0 Å². The van der Waals surface area contributed by atoms with Crippen molar-refractivity contribution in [3.63, 3.8) is 0 Å². The molecule has 1 heterocycles. The summed E-state index contributed by atoms with van der Waals surface area (Å²) in [5.74, 6) is 0. The summed E-state index contributed by atoms with van der Waals surface area (Å²) in [5.41, 5.74) is 2.54. The molecule has 1 atom stereocenters. The summed E-state index contributed by atoms with van der Waals surface area (Å²) < 4.78 is 5.56. The Balaban J connectivity index is 1.48. The van der Waals surface area contributed by atoms with Gasteiger partial charge >= 0.3 is 0 Å². The van der Waals surface area contributed by atoms with E-state index in [0.29, 0.717) is 5.11 Å². The summed E-state index contributed by atoms with van der Waals surface area (Å²) in [6, 6.07) is 17.3. The summed E-state index contributed by atoms with van der Waals surface area (Å²) in [6.45, 7) is 1.60. The van der Waals surface area contributed by atoms with E-state index in [0.717, 1.165) is 43.1 Å². The van der Waals surface area contributed by atoms with E-state index in [1.54, 1.807) is 0 Å². The van der Waals surface area contributed by atoms with Gasteiger partial charge in [-0.3, -0.25) is 0 Å². The van der Waals surface area contributed by atoms with Crippen molar-refractivity contribution in [2.24, 2.45) is 10.2 Å². The summed E-state index contributed by atoms with van der Waals surface area (Å²) in [6.07, 6.45) is 2.49. The van der Waals surface area contributed by atoms with Gasteiger partial charge in [0.25, 0.3) is 0 Å². The molecule has 3 rings (SSSR count). The van der Waals surface area contributed by atoms with Gasteiger partial charge in [0.2, 0.25) is 0 Å². The average Bonchev–Trinajstić information content (AvgIpc) is 3.14. The van der Waals surface area contributed by atoms with E-state index in [2.05, 4.69) is 20.9 Å². The Kier molecular flexibility index (Phi) is 5.87. The molecule has 0 bridgehead atoms. The lowest BCUT2D eigenvalue weighted by molar-refractivity contribution is 0.114. The third-order valence-electron chi connectivity index (χ3n) is 3.68. The number of azo groups is 1. The zero-order chi connectivity index (χ0) is 16.6. The van der Waals surface area contributed by atoms with Crippen LogP contribution in [0.15, 0.2) is 64.8 Å². The van der Waals surface area contributed by atoms with Crippen molar-refractivity contribution in [2.75, 3.05) is 18.5 Å². The first-order chi connectivity index (χ1) is 11.8. The standard InChI is InChI=1S/C18H20N4OS/c24-18(19-13-17-7-4-12-23-17)20-14-8-10-16(11-9-14)22-21-15-5-2-1-3-6-15/h1-3,5-6,8-11,17H,4,7,12-13H2,(H2,19,20,24). The van der Waals surface area contributed by atoms with Crippen molar-refractivity contribution in [3.05, 3.63) is 54.6 Å². The van der Waals surface area contributed by atoms with Gasteiger partial charge in [-0.05, 0) is 61.5 Å². The van der Waals surface area contributed by atoms with E-state index in [-0.39, 0.29) is 6.10 Å². The molecule has 1 fully saturated rings. The highest BCUT2D eigenvalue weighted by Crippen LogP contribution is 2.20. The first kappa shape index (κ1) is 16.5. The molecule has 2 N–H and O–H groups in total. The van der Waals surface area contributed by atoms with E-state index >= 15 is 0 Å². The Bertz CT molecular complexity index is 682. The monoisotopic (exact) mass is 340 g/mol. The zero-order valence-electron chi connectivity index (χ0n) is 13.3. The van der Waals surface area contributed by atoms with Crippen LogP contribution in [-0.4, -0.2) is 24.4 Å². The molecule has 2 aromatic carbocycles. The number of nitrogens with zero attached hydrogens (tertiary/aromatic N) is 2. The zero-order valence-corrected chi connectivity index (χ0v) is 14.1. The van der Waals surface area contributed by atoms with Crippen LogP contribution >= 0.6 is 12.2 Å². The molecule has 1 unspecified atom stereocenters. The highest BCUT2D eigenvalue weighted by Gasteiger charge is 2.15. The van der Waals surface area contributed by atoms with Gasteiger partial charge in [-0.15, -0.1) is 0 Å². The molecular weight excluding hydrogens is 320 g/mol. The molecule has 24 heavy (non-hydrogen) atoms. The summed E-state index contributed by atoms with van der Waals surface area (Å²) >= 11 is 5.30. The largest absolute Gasteiger partial charge is 0.376 e. The van der Waals surface area contributed by atoms with Crippen LogP contribution in [0.3, 0.4) is 0 Å². The second-order valence-corrected chi connectivity index (χ2v) is 5.96. The molecule has 2 aromatic rings. The van der Waals surface area contributed by atoms with Crippen LogP contribution in [0, 0.1) is 0 Å². The maximum Gasteiger partial charge on any atom is 0.170 e. The first-order valence-electron chi connectivity index (χ1n) is 8.03. The summed E-state index contributed by atoms with van der Waals surface area (Å²) in [7, 11) is 0. The normalized spacial score (nSPS) is 17.1. The third kappa shape index (κ3) is 5.11. The molecule has 0 amide bonds. The average molecular weight is 340 g/mol. The van der Waals surface area contributed by atoms with Gasteiger partial charge < -0.3 is 15.4 Å². The molecule has 1 saturated heterocycles. The first-order valence-corrected chi connectivity index (χ1v) is 8.44. The predicted molar refractivity (Wildman–Crippen MR) is 100 cm³/mol. The van der Waals surface area contributed by atoms with Crippen LogP contribution in [0.25, 0.3) is 0 Å². The molecule has 0 saturated carbocycles. The smallest absolute Gasteiger partial charge is 0.170 e. The number of rotatable bonds is 5. The Morgan fingerprint density at radius 1 is 1.04 bits per heavy atom. The summed E-state index contributed by atoms with van der Waals surface area (Å²) in [4.78, 5) is 0. The Hall–Kier alpha value is -2.31. The van der Waals surface area contributed by atoms with Crippen LogP contribution in [0.5, 0.6) is 0 Å². The number of hydrogen-bond donors (Lipinski definition) is 2. The quantitative estimate of drug-likeness (QED) is 0.618. The van der Waals surface area contributed by atoms with Crippen molar-refractivity contribution in [2.45, 2.75) is 18.9 Å². The molecule has 124 valence electrons. The third-order valence-corrected chi connectivity index (χ3v) is 3.92. The maximum atomic E-state index is 5.56. The van der Waals surface area contributed by atoms with Crippen LogP contribution in [0.2, 0.25) is 0 Å². The minimum absolute atomic E-state index is 0.269. The number of nitrogens with one attached hydrogen (secondary N) is 2. The molecule has 1 aliphatic heterocycles. The fraction of sp³-hybridized carbons (Fsp3) is 0.278. The van der Waals surface area contributed by atoms with Crippen molar-refractivity contribution < 1.29 is 4.74 Å². The van der Waals surface area contributed by atoms with E-state index in [1.165, 1.54) is 0 Å². The molecule has 0 aliphatic carbocycles. The predicted octanol–water partition coefficient (Wildman–Crippen LogP) is 4.57.